The molecule has 2 amide bonds. The van der Waals surface area contributed by atoms with Crippen molar-refractivity contribution in [3.8, 4) is 0 Å². The van der Waals surface area contributed by atoms with Crippen LogP contribution in [0.15, 0.2) is 0 Å². The number of aliphatic carboxylic acids is 1. The minimum atomic E-state index is -0.996. The topological polar surface area (TPSA) is 81.7 Å². The number of rotatable bonds is 7. The summed E-state index contributed by atoms with van der Waals surface area (Å²) in [6.07, 6.45) is 1.16. The van der Waals surface area contributed by atoms with Gasteiger partial charge in [0, 0.05) is 13.1 Å². The summed E-state index contributed by atoms with van der Waals surface area (Å²) in [5.41, 5.74) is 0. The molecule has 0 aliphatic heterocycles. The van der Waals surface area contributed by atoms with Crippen molar-refractivity contribution in [2.75, 3.05) is 27.2 Å². The van der Waals surface area contributed by atoms with Crippen molar-refractivity contribution < 1.29 is 14.7 Å². The van der Waals surface area contributed by atoms with Crippen LogP contribution in [0.4, 0.5) is 4.79 Å². The molecule has 0 aromatic carbocycles. The molecule has 0 aromatic rings. The van der Waals surface area contributed by atoms with E-state index in [0.29, 0.717) is 13.0 Å². The Morgan fingerprint density at radius 1 is 1.38 bits per heavy atom. The average Bonchev–Trinajstić information content (AvgIpc) is 2.16. The minimum absolute atomic E-state index is 0.428. The van der Waals surface area contributed by atoms with Crippen LogP contribution in [0.2, 0.25) is 0 Å². The number of carbonyl (C=O) groups excluding carboxylic acids is 1. The lowest BCUT2D eigenvalue weighted by molar-refractivity contribution is -0.139. The fourth-order valence-corrected chi connectivity index (χ4v) is 1.15. The van der Waals surface area contributed by atoms with Gasteiger partial charge in [-0.3, -0.25) is 0 Å². The van der Waals surface area contributed by atoms with Crippen LogP contribution >= 0.6 is 0 Å². The first kappa shape index (κ1) is 14.7. The molecule has 6 nitrogen and oxygen atoms in total. The molecule has 0 heterocycles. The van der Waals surface area contributed by atoms with Crippen LogP contribution in [-0.2, 0) is 4.79 Å². The third-order valence-electron chi connectivity index (χ3n) is 2.03. The summed E-state index contributed by atoms with van der Waals surface area (Å²) in [4.78, 5) is 24.0. The Morgan fingerprint density at radius 3 is 2.44 bits per heavy atom. The third-order valence-corrected chi connectivity index (χ3v) is 2.03. The zero-order valence-corrected chi connectivity index (χ0v) is 10.1. The standard InChI is InChI=1S/C10H21N3O3/c1-4-5-8(9(14)15)12-10(16)11-6-7-13(2)3/h8H,4-7H2,1-3H3,(H,14,15)(H2,11,12,16)/t8-/m0/s1. The first-order valence-corrected chi connectivity index (χ1v) is 5.39. The van der Waals surface area contributed by atoms with Crippen molar-refractivity contribution in [3.05, 3.63) is 0 Å². The lowest BCUT2D eigenvalue weighted by Gasteiger charge is -2.15. The van der Waals surface area contributed by atoms with Gasteiger partial charge >= 0.3 is 12.0 Å². The molecule has 0 radical (unpaired) electrons. The van der Waals surface area contributed by atoms with Gasteiger partial charge in [0.1, 0.15) is 6.04 Å². The average molecular weight is 231 g/mol. The largest absolute Gasteiger partial charge is 0.480 e. The molecule has 0 fully saturated rings. The van der Waals surface area contributed by atoms with Gasteiger partial charge in [-0.15, -0.1) is 0 Å². The van der Waals surface area contributed by atoms with Gasteiger partial charge in [-0.25, -0.2) is 9.59 Å². The van der Waals surface area contributed by atoms with E-state index < -0.39 is 18.0 Å². The fourth-order valence-electron chi connectivity index (χ4n) is 1.15. The van der Waals surface area contributed by atoms with Gasteiger partial charge in [-0.2, -0.15) is 0 Å². The lowest BCUT2D eigenvalue weighted by Crippen LogP contribution is -2.47. The number of amides is 2. The van der Waals surface area contributed by atoms with Crippen LogP contribution < -0.4 is 10.6 Å². The number of carbonyl (C=O) groups is 2. The first-order chi connectivity index (χ1) is 7.47. The molecule has 0 saturated carbocycles. The van der Waals surface area contributed by atoms with E-state index in [9.17, 15) is 9.59 Å². The van der Waals surface area contributed by atoms with E-state index in [1.54, 1.807) is 0 Å². The van der Waals surface area contributed by atoms with E-state index in [4.69, 9.17) is 5.11 Å². The summed E-state index contributed by atoms with van der Waals surface area (Å²) in [5.74, 6) is -0.996. The molecule has 0 aliphatic carbocycles. The Balaban J connectivity index is 3.86. The molecule has 0 aromatic heterocycles. The van der Waals surface area contributed by atoms with Gasteiger partial charge in [-0.05, 0) is 20.5 Å². The van der Waals surface area contributed by atoms with Gasteiger partial charge in [0.05, 0.1) is 0 Å². The summed E-state index contributed by atoms with van der Waals surface area (Å²) >= 11 is 0. The predicted octanol–water partition coefficient (Wildman–Crippen LogP) is 0.101. The maximum atomic E-state index is 11.3. The van der Waals surface area contributed by atoms with E-state index in [1.165, 1.54) is 0 Å². The van der Waals surface area contributed by atoms with Crippen molar-refractivity contribution in [2.24, 2.45) is 0 Å². The molecule has 0 rings (SSSR count). The molecule has 0 spiro atoms. The highest BCUT2D eigenvalue weighted by molar-refractivity contribution is 5.82. The van der Waals surface area contributed by atoms with Crippen LogP contribution in [-0.4, -0.2) is 55.2 Å². The van der Waals surface area contributed by atoms with Crippen LogP contribution in [0.1, 0.15) is 19.8 Å². The number of nitrogens with one attached hydrogen (secondary N) is 2. The third kappa shape index (κ3) is 7.05. The van der Waals surface area contributed by atoms with Gasteiger partial charge in [0.15, 0.2) is 0 Å². The Bertz CT molecular complexity index is 231. The van der Waals surface area contributed by atoms with Crippen molar-refractivity contribution in [1.82, 2.24) is 15.5 Å². The molecule has 0 unspecified atom stereocenters. The zero-order chi connectivity index (χ0) is 12.6. The molecule has 0 bridgehead atoms. The maximum Gasteiger partial charge on any atom is 0.326 e. The van der Waals surface area contributed by atoms with Crippen LogP contribution in [0.25, 0.3) is 0 Å². The molecule has 0 aliphatic rings. The van der Waals surface area contributed by atoms with E-state index in [2.05, 4.69) is 10.6 Å². The molecule has 6 heteroatoms. The second-order valence-electron chi connectivity index (χ2n) is 3.88. The van der Waals surface area contributed by atoms with E-state index in [1.807, 2.05) is 25.9 Å². The quantitative estimate of drug-likeness (QED) is 0.580. The molecule has 16 heavy (non-hydrogen) atoms. The second-order valence-corrected chi connectivity index (χ2v) is 3.88. The first-order valence-electron chi connectivity index (χ1n) is 5.39. The Kier molecular flexibility index (Phi) is 7.28. The summed E-state index contributed by atoms with van der Waals surface area (Å²) in [7, 11) is 3.80. The van der Waals surface area contributed by atoms with Gasteiger partial charge in [0.2, 0.25) is 0 Å². The lowest BCUT2D eigenvalue weighted by atomic mass is 10.2. The number of likely N-dealkylation sites (N-methyl/N-ethyl adjacent to an activating group) is 1. The van der Waals surface area contributed by atoms with Crippen molar-refractivity contribution in [3.63, 3.8) is 0 Å². The minimum Gasteiger partial charge on any atom is -0.480 e. The summed E-state index contributed by atoms with van der Waals surface area (Å²) in [5, 5.41) is 13.8. The summed E-state index contributed by atoms with van der Waals surface area (Å²) in [6.45, 7) is 3.10. The van der Waals surface area contributed by atoms with Gasteiger partial charge in [-0.1, -0.05) is 13.3 Å². The number of nitrogens with zero attached hydrogens (tertiary/aromatic N) is 1. The Hall–Kier alpha value is -1.30. The number of hydrogen-bond donors (Lipinski definition) is 3. The number of urea groups is 1. The van der Waals surface area contributed by atoms with Crippen LogP contribution in [0, 0.1) is 0 Å². The van der Waals surface area contributed by atoms with Crippen molar-refractivity contribution >= 4 is 12.0 Å². The second kappa shape index (κ2) is 7.92. The SMILES string of the molecule is CCC[C@H](NC(=O)NCCN(C)C)C(=O)O. The van der Waals surface area contributed by atoms with E-state index in [0.717, 1.165) is 13.0 Å². The molecule has 94 valence electrons. The Labute approximate surface area is 96.0 Å². The predicted molar refractivity (Wildman–Crippen MR) is 61.4 cm³/mol. The molecule has 0 saturated heterocycles. The number of hydrogen-bond acceptors (Lipinski definition) is 3. The molecular formula is C10H21N3O3. The number of carboxylic acids is 1. The summed E-state index contributed by atoms with van der Waals surface area (Å²) < 4.78 is 0. The fraction of sp³-hybridized carbons (Fsp3) is 0.800. The highest BCUT2D eigenvalue weighted by atomic mass is 16.4. The Morgan fingerprint density at radius 2 is 2.00 bits per heavy atom. The van der Waals surface area contributed by atoms with Gasteiger partial charge < -0.3 is 20.6 Å². The highest BCUT2D eigenvalue weighted by Gasteiger charge is 2.18. The highest BCUT2D eigenvalue weighted by Crippen LogP contribution is 1.96. The van der Waals surface area contributed by atoms with Crippen molar-refractivity contribution in [1.29, 1.82) is 0 Å². The molecular weight excluding hydrogens is 210 g/mol. The van der Waals surface area contributed by atoms with Crippen LogP contribution in [0.3, 0.4) is 0 Å². The normalized spacial score (nSPS) is 12.2. The summed E-state index contributed by atoms with van der Waals surface area (Å²) in [6, 6.07) is -1.23. The van der Waals surface area contributed by atoms with E-state index in [-0.39, 0.29) is 0 Å². The molecule has 1 atom stereocenters. The monoisotopic (exact) mass is 231 g/mol. The smallest absolute Gasteiger partial charge is 0.326 e. The van der Waals surface area contributed by atoms with E-state index >= 15 is 0 Å². The molecule has 3 N–H and O–H groups in total. The van der Waals surface area contributed by atoms with Crippen molar-refractivity contribution in [2.45, 2.75) is 25.8 Å². The maximum absolute atomic E-state index is 11.3. The zero-order valence-electron chi connectivity index (χ0n) is 10.1. The number of carboxylic acid groups (broad SMARTS) is 1. The van der Waals surface area contributed by atoms with Gasteiger partial charge in [0.25, 0.3) is 0 Å². The van der Waals surface area contributed by atoms with Crippen LogP contribution in [0.5, 0.6) is 0 Å².